The van der Waals surface area contributed by atoms with E-state index in [-0.39, 0.29) is 5.54 Å². The highest BCUT2D eigenvalue weighted by atomic mass is 15.2. The maximum atomic E-state index is 6.08. The van der Waals surface area contributed by atoms with Crippen molar-refractivity contribution in [3.63, 3.8) is 0 Å². The van der Waals surface area contributed by atoms with E-state index in [0.29, 0.717) is 0 Å². The summed E-state index contributed by atoms with van der Waals surface area (Å²) in [6, 6.07) is 0. The summed E-state index contributed by atoms with van der Waals surface area (Å²) >= 11 is 0. The van der Waals surface area contributed by atoms with Gasteiger partial charge in [-0.05, 0) is 39.9 Å². The molecular formula is C13H29N3. The largest absolute Gasteiger partial charge is 0.329 e. The zero-order valence-electron chi connectivity index (χ0n) is 11.5. The van der Waals surface area contributed by atoms with Crippen LogP contribution in [-0.2, 0) is 0 Å². The Morgan fingerprint density at radius 2 is 1.88 bits per heavy atom. The number of hydrogen-bond acceptors (Lipinski definition) is 3. The lowest BCUT2D eigenvalue weighted by molar-refractivity contribution is 0.0299. The molecule has 16 heavy (non-hydrogen) atoms. The standard InChI is InChI=1S/C13H29N3/c1-12-7-5-6-8-13(12,11-14)16(4)10-9-15(2)3/h12H,5-11,14H2,1-4H3. The maximum absolute atomic E-state index is 6.08. The van der Waals surface area contributed by atoms with Crippen molar-refractivity contribution < 1.29 is 0 Å². The molecule has 0 heterocycles. The molecule has 0 aromatic heterocycles. The van der Waals surface area contributed by atoms with E-state index < -0.39 is 0 Å². The third kappa shape index (κ3) is 2.96. The lowest BCUT2D eigenvalue weighted by Gasteiger charge is -2.49. The van der Waals surface area contributed by atoms with Crippen LogP contribution in [0.3, 0.4) is 0 Å². The molecule has 2 unspecified atom stereocenters. The zero-order valence-corrected chi connectivity index (χ0v) is 11.5. The van der Waals surface area contributed by atoms with Crippen molar-refractivity contribution in [1.82, 2.24) is 9.80 Å². The van der Waals surface area contributed by atoms with Crippen LogP contribution in [0.25, 0.3) is 0 Å². The first kappa shape index (κ1) is 13.9. The molecular weight excluding hydrogens is 198 g/mol. The summed E-state index contributed by atoms with van der Waals surface area (Å²) in [7, 11) is 6.51. The van der Waals surface area contributed by atoms with Crippen molar-refractivity contribution in [2.75, 3.05) is 40.8 Å². The molecule has 0 bridgehead atoms. The first-order chi connectivity index (χ1) is 7.53. The van der Waals surface area contributed by atoms with Gasteiger partial charge in [-0.3, -0.25) is 4.90 Å². The minimum atomic E-state index is 0.258. The van der Waals surface area contributed by atoms with Crippen LogP contribution in [0.4, 0.5) is 0 Å². The predicted molar refractivity (Wildman–Crippen MR) is 70.6 cm³/mol. The highest BCUT2D eigenvalue weighted by Crippen LogP contribution is 2.36. The molecule has 0 amide bonds. The van der Waals surface area contributed by atoms with Gasteiger partial charge in [-0.15, -0.1) is 0 Å². The van der Waals surface area contributed by atoms with Crippen molar-refractivity contribution in [2.45, 2.75) is 38.1 Å². The van der Waals surface area contributed by atoms with Crippen LogP contribution in [0.5, 0.6) is 0 Å². The quantitative estimate of drug-likeness (QED) is 0.770. The van der Waals surface area contributed by atoms with E-state index in [1.165, 1.54) is 25.7 Å². The van der Waals surface area contributed by atoms with Crippen molar-refractivity contribution in [1.29, 1.82) is 0 Å². The minimum Gasteiger partial charge on any atom is -0.329 e. The van der Waals surface area contributed by atoms with Crippen LogP contribution in [0, 0.1) is 5.92 Å². The SMILES string of the molecule is CC1CCCCC1(CN)N(C)CCN(C)C. The fourth-order valence-corrected chi connectivity index (χ4v) is 3.00. The molecule has 96 valence electrons. The van der Waals surface area contributed by atoms with E-state index in [1.54, 1.807) is 0 Å². The van der Waals surface area contributed by atoms with Gasteiger partial charge in [-0.25, -0.2) is 0 Å². The average Bonchev–Trinajstić information content (AvgIpc) is 2.27. The number of rotatable bonds is 5. The van der Waals surface area contributed by atoms with Gasteiger partial charge in [0.2, 0.25) is 0 Å². The van der Waals surface area contributed by atoms with Crippen LogP contribution in [0.15, 0.2) is 0 Å². The Hall–Kier alpha value is -0.120. The van der Waals surface area contributed by atoms with E-state index >= 15 is 0 Å². The topological polar surface area (TPSA) is 32.5 Å². The Kier molecular flexibility index (Phi) is 5.22. The smallest absolute Gasteiger partial charge is 0.0354 e. The van der Waals surface area contributed by atoms with Gasteiger partial charge >= 0.3 is 0 Å². The van der Waals surface area contributed by atoms with Crippen LogP contribution < -0.4 is 5.73 Å². The molecule has 2 N–H and O–H groups in total. The molecule has 0 aromatic rings. The molecule has 1 rings (SSSR count). The normalized spacial score (nSPS) is 31.3. The second kappa shape index (κ2) is 5.99. The third-order valence-corrected chi connectivity index (χ3v) is 4.41. The second-order valence-corrected chi connectivity index (χ2v) is 5.68. The van der Waals surface area contributed by atoms with Crippen LogP contribution >= 0.6 is 0 Å². The van der Waals surface area contributed by atoms with Gasteiger partial charge in [0, 0.05) is 25.2 Å². The molecule has 1 aliphatic rings. The fraction of sp³-hybridized carbons (Fsp3) is 1.00. The summed E-state index contributed by atoms with van der Waals surface area (Å²) in [5.41, 5.74) is 6.34. The average molecular weight is 227 g/mol. The van der Waals surface area contributed by atoms with Crippen LogP contribution in [0.2, 0.25) is 0 Å². The highest BCUT2D eigenvalue weighted by molar-refractivity contribution is 4.97. The van der Waals surface area contributed by atoms with Gasteiger partial charge < -0.3 is 10.6 Å². The Morgan fingerprint density at radius 3 is 2.38 bits per heavy atom. The lowest BCUT2D eigenvalue weighted by Crippen LogP contribution is -2.58. The monoisotopic (exact) mass is 227 g/mol. The maximum Gasteiger partial charge on any atom is 0.0354 e. The van der Waals surface area contributed by atoms with E-state index in [2.05, 4.69) is 37.9 Å². The predicted octanol–water partition coefficient (Wildman–Crippen LogP) is 1.39. The molecule has 1 saturated carbocycles. The Labute approximate surface area is 101 Å². The summed E-state index contributed by atoms with van der Waals surface area (Å²) in [6.07, 6.45) is 5.33. The number of nitrogens with zero attached hydrogens (tertiary/aromatic N) is 2. The summed E-state index contributed by atoms with van der Waals surface area (Å²) in [6.45, 7) is 5.41. The van der Waals surface area contributed by atoms with Gasteiger partial charge in [0.05, 0.1) is 0 Å². The van der Waals surface area contributed by atoms with Gasteiger partial charge in [-0.2, -0.15) is 0 Å². The number of hydrogen-bond donors (Lipinski definition) is 1. The summed E-state index contributed by atoms with van der Waals surface area (Å²) in [4.78, 5) is 4.75. The summed E-state index contributed by atoms with van der Waals surface area (Å²) in [5.74, 6) is 0.735. The molecule has 0 saturated heterocycles. The van der Waals surface area contributed by atoms with Gasteiger partial charge in [-0.1, -0.05) is 19.8 Å². The molecule has 2 atom stereocenters. The number of likely N-dealkylation sites (N-methyl/N-ethyl adjacent to an activating group) is 2. The van der Waals surface area contributed by atoms with Crippen LogP contribution in [0.1, 0.15) is 32.6 Å². The van der Waals surface area contributed by atoms with Gasteiger partial charge in [0.15, 0.2) is 0 Å². The Balaban J connectivity index is 2.62. The van der Waals surface area contributed by atoms with Crippen LogP contribution in [-0.4, -0.2) is 56.1 Å². The molecule has 0 aromatic carbocycles. The van der Waals surface area contributed by atoms with Crippen molar-refractivity contribution in [3.8, 4) is 0 Å². The number of nitrogens with two attached hydrogens (primary N) is 1. The molecule has 0 aliphatic heterocycles. The fourth-order valence-electron chi connectivity index (χ4n) is 3.00. The van der Waals surface area contributed by atoms with Crippen molar-refractivity contribution in [3.05, 3.63) is 0 Å². The van der Waals surface area contributed by atoms with Gasteiger partial charge in [0.1, 0.15) is 0 Å². The molecule has 1 aliphatic carbocycles. The first-order valence-corrected chi connectivity index (χ1v) is 6.59. The second-order valence-electron chi connectivity index (χ2n) is 5.68. The Morgan fingerprint density at radius 1 is 1.19 bits per heavy atom. The Bertz CT molecular complexity index is 205. The molecule has 0 radical (unpaired) electrons. The molecule has 3 heteroatoms. The highest BCUT2D eigenvalue weighted by Gasteiger charge is 2.40. The van der Waals surface area contributed by atoms with E-state index in [4.69, 9.17) is 5.73 Å². The first-order valence-electron chi connectivity index (χ1n) is 6.59. The van der Waals surface area contributed by atoms with Gasteiger partial charge in [0.25, 0.3) is 0 Å². The molecule has 0 spiro atoms. The lowest BCUT2D eigenvalue weighted by atomic mass is 9.72. The van der Waals surface area contributed by atoms with Crippen molar-refractivity contribution >= 4 is 0 Å². The van der Waals surface area contributed by atoms with E-state index in [9.17, 15) is 0 Å². The molecule has 3 nitrogen and oxygen atoms in total. The zero-order chi connectivity index (χ0) is 12.2. The van der Waals surface area contributed by atoms with E-state index in [0.717, 1.165) is 25.6 Å². The van der Waals surface area contributed by atoms with E-state index in [1.807, 2.05) is 0 Å². The minimum absolute atomic E-state index is 0.258. The third-order valence-electron chi connectivity index (χ3n) is 4.41. The summed E-state index contributed by atoms with van der Waals surface area (Å²) < 4.78 is 0. The summed E-state index contributed by atoms with van der Waals surface area (Å²) in [5, 5.41) is 0. The molecule has 1 fully saturated rings. The van der Waals surface area contributed by atoms with Crippen molar-refractivity contribution in [2.24, 2.45) is 11.7 Å².